The van der Waals surface area contributed by atoms with Crippen LogP contribution >= 0.6 is 7.82 Å². The van der Waals surface area contributed by atoms with E-state index in [0.29, 0.717) is 16.7 Å². The lowest BCUT2D eigenvalue weighted by atomic mass is 9.78. The zero-order valence-corrected chi connectivity index (χ0v) is 16.4. The first-order valence-corrected chi connectivity index (χ1v) is 9.81. The van der Waals surface area contributed by atoms with Crippen molar-refractivity contribution in [1.29, 1.82) is 0 Å². The third-order valence-electron chi connectivity index (χ3n) is 3.34. The minimum absolute atomic E-state index is 0.179. The average Bonchev–Trinajstić information content (AvgIpc) is 2.33. The minimum Gasteiger partial charge on any atom is -0.507 e. The second-order valence-electron chi connectivity index (χ2n) is 7.57. The Hall–Kier alpha value is -0.760. The van der Waals surface area contributed by atoms with Crippen LogP contribution in [0.2, 0.25) is 0 Å². The number of hydrogen-bond donors (Lipinski definition) is 3. The van der Waals surface area contributed by atoms with Crippen LogP contribution in [0.15, 0.2) is 12.1 Å². The molecule has 9 heteroatoms. The number of phosphoric acid groups is 1. The van der Waals surface area contributed by atoms with Crippen molar-refractivity contribution in [2.75, 3.05) is 0 Å². The van der Waals surface area contributed by atoms with Crippen molar-refractivity contribution < 1.29 is 31.8 Å². The molecule has 0 fully saturated rings. The van der Waals surface area contributed by atoms with Crippen molar-refractivity contribution >= 4 is 19.2 Å². The van der Waals surface area contributed by atoms with E-state index >= 15 is 0 Å². The molecule has 7 nitrogen and oxygen atoms in total. The van der Waals surface area contributed by atoms with Gasteiger partial charge in [0.1, 0.15) is 5.75 Å². The normalized spacial score (nSPS) is 16.7. The van der Waals surface area contributed by atoms with Crippen LogP contribution in [0.4, 0.5) is 0 Å². The van der Waals surface area contributed by atoms with Gasteiger partial charge in [-0.05, 0) is 39.7 Å². The van der Waals surface area contributed by atoms with Gasteiger partial charge in [-0.15, -0.1) is 0 Å². The second kappa shape index (κ2) is 7.23. The van der Waals surface area contributed by atoms with Crippen LogP contribution < -0.4 is 0 Å². The molecule has 0 saturated carbocycles. The van der Waals surface area contributed by atoms with Gasteiger partial charge >= 0.3 is 19.2 Å². The van der Waals surface area contributed by atoms with E-state index in [-0.39, 0.29) is 23.2 Å². The Labute approximate surface area is 145 Å². The molecule has 2 unspecified atom stereocenters. The number of benzene rings is 1. The summed E-state index contributed by atoms with van der Waals surface area (Å²) in [6.07, 6.45) is 0. The number of phenols is 1. The SMILES string of the molecule is CC(C)(C)c1cc(COP(=O)(O)OS(=O)O)cc(C(C)(C)C)c1O. The molecular weight excluding hydrogens is 355 g/mol. The van der Waals surface area contributed by atoms with Gasteiger partial charge in [-0.2, -0.15) is 8.18 Å². The molecule has 2 atom stereocenters. The number of aromatic hydroxyl groups is 1. The fraction of sp³-hybridized carbons (Fsp3) is 0.600. The highest BCUT2D eigenvalue weighted by molar-refractivity contribution is 7.79. The second-order valence-corrected chi connectivity index (χ2v) is 9.80. The van der Waals surface area contributed by atoms with Gasteiger partial charge in [-0.3, -0.25) is 9.08 Å². The molecule has 0 saturated heterocycles. The van der Waals surface area contributed by atoms with E-state index in [1.807, 2.05) is 41.5 Å². The Kier molecular flexibility index (Phi) is 6.42. The summed E-state index contributed by atoms with van der Waals surface area (Å²) in [7, 11) is -4.65. The molecule has 0 bridgehead atoms. The van der Waals surface area contributed by atoms with Gasteiger partial charge in [-0.1, -0.05) is 41.5 Å². The molecule has 1 rings (SSSR count). The standard InChI is InChI=1S/C15H25O7PS/c1-14(2,3)11-7-10(8-12(13(11)16)15(4,5)6)9-21-23(17,18)22-24(19)20/h7-8,16H,9H2,1-6H3,(H,17,18)(H,19,20). The summed E-state index contributed by atoms with van der Waals surface area (Å²) in [4.78, 5) is 9.37. The summed E-state index contributed by atoms with van der Waals surface area (Å²) >= 11 is -2.91. The van der Waals surface area contributed by atoms with Crippen LogP contribution in [0.5, 0.6) is 5.75 Å². The van der Waals surface area contributed by atoms with Crippen LogP contribution in [0.1, 0.15) is 58.2 Å². The molecule has 0 aliphatic carbocycles. The van der Waals surface area contributed by atoms with Crippen molar-refractivity contribution in [3.63, 3.8) is 0 Å². The molecule has 1 aromatic carbocycles. The Morgan fingerprint density at radius 3 is 1.83 bits per heavy atom. The largest absolute Gasteiger partial charge is 0.507 e. The molecule has 138 valence electrons. The third kappa shape index (κ3) is 5.95. The third-order valence-corrected chi connectivity index (χ3v) is 5.06. The van der Waals surface area contributed by atoms with Crippen molar-refractivity contribution in [1.82, 2.24) is 0 Å². The van der Waals surface area contributed by atoms with Gasteiger partial charge in [0.15, 0.2) is 0 Å². The van der Waals surface area contributed by atoms with E-state index in [4.69, 9.17) is 9.08 Å². The Morgan fingerprint density at radius 1 is 1.08 bits per heavy atom. The van der Waals surface area contributed by atoms with E-state index in [0.717, 1.165) is 0 Å². The molecule has 1 aromatic rings. The number of hydrogen-bond acceptors (Lipinski definition) is 5. The van der Waals surface area contributed by atoms with Crippen LogP contribution in [-0.2, 0) is 41.9 Å². The highest BCUT2D eigenvalue weighted by atomic mass is 32.2. The minimum atomic E-state index is -4.65. The molecule has 3 N–H and O–H groups in total. The summed E-state index contributed by atoms with van der Waals surface area (Å²) in [5.41, 5.74) is 1.18. The molecule has 0 aliphatic heterocycles. The van der Waals surface area contributed by atoms with Gasteiger partial charge in [-0.25, -0.2) is 4.57 Å². The first-order chi connectivity index (χ1) is 10.6. The Bertz CT molecular complexity index is 638. The monoisotopic (exact) mass is 380 g/mol. The topological polar surface area (TPSA) is 113 Å². The summed E-state index contributed by atoms with van der Waals surface area (Å²) in [5.74, 6) is 0.179. The summed E-state index contributed by atoms with van der Waals surface area (Å²) in [5, 5.41) is 10.6. The molecule has 24 heavy (non-hydrogen) atoms. The van der Waals surface area contributed by atoms with Gasteiger partial charge in [0.25, 0.3) is 0 Å². The molecule has 0 aromatic heterocycles. The van der Waals surface area contributed by atoms with Crippen LogP contribution in [0.3, 0.4) is 0 Å². The van der Waals surface area contributed by atoms with Crippen molar-refractivity contribution in [3.8, 4) is 5.75 Å². The predicted molar refractivity (Wildman–Crippen MR) is 92.0 cm³/mol. The lowest BCUT2D eigenvalue weighted by Gasteiger charge is -2.28. The summed E-state index contributed by atoms with van der Waals surface area (Å²) < 4.78 is 39.3. The first kappa shape index (κ1) is 21.3. The van der Waals surface area contributed by atoms with E-state index < -0.39 is 19.2 Å². The summed E-state index contributed by atoms with van der Waals surface area (Å²) in [6, 6.07) is 3.36. The molecular formula is C15H25O7PS. The fourth-order valence-corrected chi connectivity index (χ4v) is 3.31. The highest BCUT2D eigenvalue weighted by Gasteiger charge is 2.28. The lowest BCUT2D eigenvalue weighted by molar-refractivity contribution is 0.196. The van der Waals surface area contributed by atoms with Crippen molar-refractivity contribution in [2.45, 2.75) is 59.0 Å². The van der Waals surface area contributed by atoms with E-state index in [1.165, 1.54) is 0 Å². The first-order valence-electron chi connectivity index (χ1n) is 7.28. The zero-order chi connectivity index (χ0) is 18.9. The maximum absolute atomic E-state index is 11.5. The Morgan fingerprint density at radius 2 is 1.50 bits per heavy atom. The molecule has 0 spiro atoms. The van der Waals surface area contributed by atoms with Gasteiger partial charge < -0.3 is 10.00 Å². The highest BCUT2D eigenvalue weighted by Crippen LogP contribution is 2.46. The van der Waals surface area contributed by atoms with Gasteiger partial charge in [0.05, 0.1) is 6.61 Å². The lowest BCUT2D eigenvalue weighted by Crippen LogP contribution is -2.18. The molecule has 0 aliphatic rings. The van der Waals surface area contributed by atoms with Crippen LogP contribution in [0, 0.1) is 0 Å². The van der Waals surface area contributed by atoms with Gasteiger partial charge in [0, 0.05) is 0 Å². The Balaban J connectivity index is 3.25. The molecule has 0 radical (unpaired) electrons. The quantitative estimate of drug-likeness (QED) is 0.526. The fourth-order valence-electron chi connectivity index (χ4n) is 2.18. The van der Waals surface area contributed by atoms with Crippen molar-refractivity contribution in [2.24, 2.45) is 0 Å². The molecule has 0 amide bonds. The van der Waals surface area contributed by atoms with E-state index in [9.17, 15) is 18.8 Å². The van der Waals surface area contributed by atoms with Crippen LogP contribution in [-0.4, -0.2) is 18.8 Å². The smallest absolute Gasteiger partial charge is 0.487 e. The van der Waals surface area contributed by atoms with E-state index in [2.05, 4.69) is 3.97 Å². The average molecular weight is 380 g/mol. The number of phenolic OH excluding ortho intramolecular Hbond substituents is 1. The summed E-state index contributed by atoms with van der Waals surface area (Å²) in [6.45, 7) is 11.3. The van der Waals surface area contributed by atoms with E-state index in [1.54, 1.807) is 12.1 Å². The zero-order valence-electron chi connectivity index (χ0n) is 14.7. The maximum Gasteiger partial charge on any atom is 0.487 e. The van der Waals surface area contributed by atoms with Crippen LogP contribution in [0.25, 0.3) is 0 Å². The van der Waals surface area contributed by atoms with Crippen molar-refractivity contribution in [3.05, 3.63) is 28.8 Å². The predicted octanol–water partition coefficient (Wildman–Crippen LogP) is 3.76. The molecule has 0 heterocycles. The number of phosphoric ester groups is 1. The maximum atomic E-state index is 11.5. The number of rotatable bonds is 5. The van der Waals surface area contributed by atoms with Gasteiger partial charge in [0.2, 0.25) is 0 Å².